The zero-order valence-corrected chi connectivity index (χ0v) is 12.4. The maximum Gasteiger partial charge on any atom is 0.407 e. The summed E-state index contributed by atoms with van der Waals surface area (Å²) in [5.74, 6) is 0.577. The first kappa shape index (κ1) is 14.1. The summed E-state index contributed by atoms with van der Waals surface area (Å²) < 4.78 is 34.0. The molecule has 0 radical (unpaired) electrons. The maximum absolute atomic E-state index is 11.3. The van der Waals surface area contributed by atoms with Gasteiger partial charge in [0.2, 0.25) is 10.0 Å². The average Bonchev–Trinajstić information content (AvgIpc) is 3.01. The van der Waals surface area contributed by atoms with Crippen LogP contribution in [-0.2, 0) is 14.8 Å². The lowest BCUT2D eigenvalue weighted by Gasteiger charge is -2.10. The Balaban J connectivity index is 1.76. The van der Waals surface area contributed by atoms with Gasteiger partial charge in [0.25, 0.3) is 0 Å². The molecule has 1 atom stereocenters. The number of alkyl carbamates (subject to hydrolysis) is 1. The van der Waals surface area contributed by atoms with Gasteiger partial charge in [0.1, 0.15) is 16.6 Å². The minimum atomic E-state index is -3.70. The van der Waals surface area contributed by atoms with Crippen molar-refractivity contribution < 1.29 is 22.7 Å². The monoisotopic (exact) mass is 328 g/mol. The molecule has 7 nitrogen and oxygen atoms in total. The number of fused-ring (bicyclic) bond motifs is 1. The van der Waals surface area contributed by atoms with E-state index in [1.54, 1.807) is 18.2 Å². The summed E-state index contributed by atoms with van der Waals surface area (Å²) in [5.41, 5.74) is 0. The molecule has 21 heavy (non-hydrogen) atoms. The normalized spacial score (nSPS) is 18.5. The summed E-state index contributed by atoms with van der Waals surface area (Å²) in [6, 6.07) is 6.75. The number of benzene rings is 1. The fourth-order valence-electron chi connectivity index (χ4n) is 1.93. The fraction of sp³-hybridized carbons (Fsp3) is 0.250. The lowest BCUT2D eigenvalue weighted by molar-refractivity contribution is 0.105. The molecule has 3 N–H and O–H groups in total. The van der Waals surface area contributed by atoms with E-state index in [9.17, 15) is 13.2 Å². The van der Waals surface area contributed by atoms with Crippen LogP contribution in [0.1, 0.15) is 0 Å². The van der Waals surface area contributed by atoms with E-state index >= 15 is 0 Å². The van der Waals surface area contributed by atoms with Gasteiger partial charge in [-0.15, -0.1) is 11.3 Å². The Labute approximate surface area is 124 Å². The Kier molecular flexibility index (Phi) is 3.47. The van der Waals surface area contributed by atoms with Crippen molar-refractivity contribution in [1.29, 1.82) is 0 Å². The van der Waals surface area contributed by atoms with Gasteiger partial charge >= 0.3 is 6.09 Å². The third kappa shape index (κ3) is 3.09. The third-order valence-electron chi connectivity index (χ3n) is 2.93. The van der Waals surface area contributed by atoms with Crippen LogP contribution in [0, 0.1) is 0 Å². The first-order valence-corrected chi connectivity index (χ1v) is 8.42. The molecule has 2 aromatic rings. The van der Waals surface area contributed by atoms with Gasteiger partial charge in [-0.3, -0.25) is 0 Å². The van der Waals surface area contributed by atoms with Crippen molar-refractivity contribution in [1.82, 2.24) is 5.32 Å². The highest BCUT2D eigenvalue weighted by atomic mass is 32.2. The van der Waals surface area contributed by atoms with Crippen LogP contribution in [0.2, 0.25) is 0 Å². The van der Waals surface area contributed by atoms with Crippen molar-refractivity contribution in [2.75, 3.05) is 13.2 Å². The lowest BCUT2D eigenvalue weighted by atomic mass is 10.2. The molecule has 1 amide bonds. The van der Waals surface area contributed by atoms with Crippen LogP contribution in [0.3, 0.4) is 0 Å². The Bertz CT molecular complexity index is 799. The Hall–Kier alpha value is -1.84. The summed E-state index contributed by atoms with van der Waals surface area (Å²) in [6.45, 7) is 0.646. The highest BCUT2D eigenvalue weighted by Gasteiger charge is 2.23. The second-order valence-corrected chi connectivity index (χ2v) is 7.40. The van der Waals surface area contributed by atoms with Gasteiger partial charge in [-0.05, 0) is 29.7 Å². The van der Waals surface area contributed by atoms with E-state index in [1.807, 2.05) is 0 Å². The number of primary sulfonamides is 1. The molecule has 2 heterocycles. The van der Waals surface area contributed by atoms with Gasteiger partial charge in [0.05, 0.1) is 6.54 Å². The number of amides is 1. The van der Waals surface area contributed by atoms with Crippen molar-refractivity contribution in [3.63, 3.8) is 0 Å². The van der Waals surface area contributed by atoms with Crippen LogP contribution in [0.4, 0.5) is 4.79 Å². The summed E-state index contributed by atoms with van der Waals surface area (Å²) >= 11 is 1.09. The van der Waals surface area contributed by atoms with Crippen LogP contribution >= 0.6 is 11.3 Å². The molecule has 3 rings (SSSR count). The standard InChI is InChI=1S/C12H12N2O5S2/c13-21(16,17)11-3-7-1-2-8(4-10(7)20-11)18-6-9-5-14-12(15)19-9/h1-4,9H,5-6H2,(H,14,15)(H2,13,16,17). The van der Waals surface area contributed by atoms with Gasteiger partial charge in [-0.2, -0.15) is 0 Å². The van der Waals surface area contributed by atoms with Gasteiger partial charge < -0.3 is 14.8 Å². The predicted molar refractivity (Wildman–Crippen MR) is 77.0 cm³/mol. The quantitative estimate of drug-likeness (QED) is 0.872. The number of thiophene rings is 1. The lowest BCUT2D eigenvalue weighted by Crippen LogP contribution is -2.21. The van der Waals surface area contributed by atoms with E-state index in [1.165, 1.54) is 6.07 Å². The zero-order valence-electron chi connectivity index (χ0n) is 10.7. The number of hydrogen-bond donors (Lipinski definition) is 2. The van der Waals surface area contributed by atoms with Crippen LogP contribution < -0.4 is 15.2 Å². The predicted octanol–water partition coefficient (Wildman–Crippen LogP) is 1.04. The number of rotatable bonds is 4. The molecule has 0 saturated carbocycles. The van der Waals surface area contributed by atoms with E-state index in [0.717, 1.165) is 21.4 Å². The van der Waals surface area contributed by atoms with Crippen molar-refractivity contribution >= 4 is 37.5 Å². The number of nitrogens with one attached hydrogen (secondary N) is 1. The van der Waals surface area contributed by atoms with E-state index in [-0.39, 0.29) is 16.9 Å². The Morgan fingerprint density at radius 2 is 2.24 bits per heavy atom. The first-order valence-electron chi connectivity index (χ1n) is 6.05. The molecule has 0 spiro atoms. The molecule has 1 saturated heterocycles. The number of cyclic esters (lactones) is 1. The zero-order chi connectivity index (χ0) is 15.0. The van der Waals surface area contributed by atoms with Crippen molar-refractivity contribution in [2.24, 2.45) is 5.14 Å². The number of hydrogen-bond acceptors (Lipinski definition) is 6. The van der Waals surface area contributed by atoms with Crippen molar-refractivity contribution in [2.45, 2.75) is 10.3 Å². The third-order valence-corrected chi connectivity index (χ3v) is 5.45. The highest BCUT2D eigenvalue weighted by molar-refractivity contribution is 7.91. The SMILES string of the molecule is NS(=O)(=O)c1cc2ccc(OCC3CNC(=O)O3)cc2s1. The molecule has 9 heteroatoms. The summed E-state index contributed by atoms with van der Waals surface area (Å²) in [6.07, 6.45) is -0.772. The molecular formula is C12H12N2O5S2. The fourth-order valence-corrected chi connectivity index (χ4v) is 3.78. The molecular weight excluding hydrogens is 316 g/mol. The minimum absolute atomic E-state index is 0.114. The van der Waals surface area contributed by atoms with Crippen LogP contribution in [0.25, 0.3) is 10.1 Å². The minimum Gasteiger partial charge on any atom is -0.490 e. The van der Waals surface area contributed by atoms with Crippen LogP contribution in [-0.4, -0.2) is 33.8 Å². The largest absolute Gasteiger partial charge is 0.490 e. The second kappa shape index (κ2) is 5.17. The van der Waals surface area contributed by atoms with E-state index in [0.29, 0.717) is 12.3 Å². The number of carbonyl (C=O) groups is 1. The van der Waals surface area contributed by atoms with Crippen molar-refractivity contribution in [3.05, 3.63) is 24.3 Å². The van der Waals surface area contributed by atoms with Gasteiger partial charge in [0, 0.05) is 4.70 Å². The summed E-state index contributed by atoms with van der Waals surface area (Å²) in [7, 11) is -3.70. The van der Waals surface area contributed by atoms with Gasteiger partial charge in [-0.1, -0.05) is 0 Å². The Morgan fingerprint density at radius 3 is 2.90 bits per heavy atom. The number of sulfonamides is 1. The van der Waals surface area contributed by atoms with Crippen molar-refractivity contribution in [3.8, 4) is 5.75 Å². The molecule has 1 unspecified atom stereocenters. The smallest absolute Gasteiger partial charge is 0.407 e. The van der Waals surface area contributed by atoms with Gasteiger partial charge in [0.15, 0.2) is 6.10 Å². The molecule has 1 fully saturated rings. The maximum atomic E-state index is 11.3. The summed E-state index contributed by atoms with van der Waals surface area (Å²) in [5, 5.41) is 8.43. The molecule has 1 aromatic heterocycles. The second-order valence-electron chi connectivity index (χ2n) is 4.53. The molecule has 1 aromatic carbocycles. The Morgan fingerprint density at radius 1 is 1.43 bits per heavy atom. The van der Waals surface area contributed by atoms with E-state index < -0.39 is 16.1 Å². The summed E-state index contributed by atoms with van der Waals surface area (Å²) in [4.78, 5) is 10.9. The van der Waals surface area contributed by atoms with Crippen LogP contribution in [0.5, 0.6) is 5.75 Å². The topological polar surface area (TPSA) is 108 Å². The first-order chi connectivity index (χ1) is 9.91. The van der Waals surface area contributed by atoms with Gasteiger partial charge in [-0.25, -0.2) is 18.4 Å². The molecule has 1 aliphatic heterocycles. The number of ether oxygens (including phenoxy) is 2. The van der Waals surface area contributed by atoms with E-state index in [2.05, 4.69) is 5.32 Å². The average molecular weight is 328 g/mol. The number of nitrogens with two attached hydrogens (primary N) is 1. The van der Waals surface area contributed by atoms with E-state index in [4.69, 9.17) is 14.6 Å². The van der Waals surface area contributed by atoms with Crippen LogP contribution in [0.15, 0.2) is 28.5 Å². The number of carbonyl (C=O) groups excluding carboxylic acids is 1. The highest BCUT2D eigenvalue weighted by Crippen LogP contribution is 2.31. The molecule has 0 bridgehead atoms. The molecule has 1 aliphatic rings. The molecule has 0 aliphatic carbocycles. The molecule has 112 valence electrons.